The summed E-state index contributed by atoms with van der Waals surface area (Å²) in [6.07, 6.45) is 0. The summed E-state index contributed by atoms with van der Waals surface area (Å²) in [5.74, 6) is 1.47. The molecule has 3 aromatic rings. The summed E-state index contributed by atoms with van der Waals surface area (Å²) in [7, 11) is 0. The van der Waals surface area contributed by atoms with Gasteiger partial charge in [0.05, 0.1) is 13.2 Å². The first kappa shape index (κ1) is 14.7. The van der Waals surface area contributed by atoms with Crippen molar-refractivity contribution < 1.29 is 4.74 Å². The molecular weight excluding hydrogens is 344 g/mol. The van der Waals surface area contributed by atoms with E-state index >= 15 is 0 Å². The van der Waals surface area contributed by atoms with Crippen LogP contribution < -0.4 is 4.74 Å². The summed E-state index contributed by atoms with van der Waals surface area (Å²) in [5.41, 5.74) is 1.97. The molecule has 0 atom stereocenters. The number of aromatic nitrogens is 4. The highest BCUT2D eigenvalue weighted by molar-refractivity contribution is 9.10. The fourth-order valence-corrected chi connectivity index (χ4v) is 2.37. The van der Waals surface area contributed by atoms with Gasteiger partial charge in [0.2, 0.25) is 5.82 Å². The monoisotopic (exact) mass is 358 g/mol. The van der Waals surface area contributed by atoms with Gasteiger partial charge in [-0.05, 0) is 42.5 Å². The Morgan fingerprint density at radius 1 is 1.09 bits per heavy atom. The first-order valence-corrected chi connectivity index (χ1v) is 7.80. The second-order valence-corrected chi connectivity index (χ2v) is 5.61. The lowest BCUT2D eigenvalue weighted by Gasteiger charge is -2.08. The molecule has 0 radical (unpaired) electrons. The number of halogens is 1. The smallest absolute Gasteiger partial charge is 0.204 e. The van der Waals surface area contributed by atoms with E-state index in [-0.39, 0.29) is 0 Å². The molecule has 0 N–H and O–H groups in total. The minimum absolute atomic E-state index is 0.527. The van der Waals surface area contributed by atoms with Gasteiger partial charge in [-0.3, -0.25) is 0 Å². The zero-order valence-corrected chi connectivity index (χ0v) is 13.7. The highest BCUT2D eigenvalue weighted by Crippen LogP contribution is 2.20. The van der Waals surface area contributed by atoms with Crippen LogP contribution in [0, 0.1) is 0 Å². The summed E-state index contributed by atoms with van der Waals surface area (Å²) in [5, 5.41) is 12.7. The third-order valence-corrected chi connectivity index (χ3v) is 3.67. The third kappa shape index (κ3) is 3.33. The Bertz CT molecular complexity index is 755. The van der Waals surface area contributed by atoms with Crippen molar-refractivity contribution in [1.82, 2.24) is 20.2 Å². The van der Waals surface area contributed by atoms with Crippen LogP contribution in [-0.2, 0) is 6.54 Å². The molecule has 2 aromatic carbocycles. The van der Waals surface area contributed by atoms with E-state index in [0.717, 1.165) is 21.3 Å². The molecule has 0 saturated heterocycles. The molecule has 5 nitrogen and oxygen atoms in total. The van der Waals surface area contributed by atoms with Crippen LogP contribution >= 0.6 is 15.9 Å². The van der Waals surface area contributed by atoms with Gasteiger partial charge in [-0.2, -0.15) is 4.80 Å². The van der Waals surface area contributed by atoms with Gasteiger partial charge in [0.25, 0.3) is 0 Å². The lowest BCUT2D eigenvalue weighted by atomic mass is 10.2. The molecule has 0 fully saturated rings. The van der Waals surface area contributed by atoms with E-state index in [1.165, 1.54) is 0 Å². The molecule has 0 bridgehead atoms. The molecule has 0 saturated carbocycles. The fourth-order valence-electron chi connectivity index (χ4n) is 2.11. The van der Waals surface area contributed by atoms with E-state index in [4.69, 9.17) is 4.74 Å². The zero-order chi connectivity index (χ0) is 15.4. The maximum Gasteiger partial charge on any atom is 0.204 e. The van der Waals surface area contributed by atoms with Gasteiger partial charge in [-0.25, -0.2) is 0 Å². The third-order valence-electron chi connectivity index (χ3n) is 3.14. The molecule has 0 aliphatic carbocycles. The summed E-state index contributed by atoms with van der Waals surface area (Å²) in [4.78, 5) is 1.58. The standard InChI is InChI=1S/C16H15BrN4O/c1-2-22-15-6-4-3-5-13(15)11-21-19-16(18-20-21)12-7-9-14(17)10-8-12/h3-10H,2,11H2,1H3. The minimum Gasteiger partial charge on any atom is -0.494 e. The maximum atomic E-state index is 5.62. The topological polar surface area (TPSA) is 52.8 Å². The number of nitrogens with zero attached hydrogens (tertiary/aromatic N) is 4. The van der Waals surface area contributed by atoms with Crippen molar-refractivity contribution in [1.29, 1.82) is 0 Å². The lowest BCUT2D eigenvalue weighted by molar-refractivity contribution is 0.334. The molecule has 6 heteroatoms. The van der Waals surface area contributed by atoms with E-state index in [9.17, 15) is 0 Å². The Morgan fingerprint density at radius 3 is 2.64 bits per heavy atom. The van der Waals surface area contributed by atoms with Crippen molar-refractivity contribution in [2.75, 3.05) is 6.61 Å². The van der Waals surface area contributed by atoms with Crippen molar-refractivity contribution in [2.24, 2.45) is 0 Å². The van der Waals surface area contributed by atoms with Crippen LogP contribution in [0.2, 0.25) is 0 Å². The molecule has 3 rings (SSSR count). The van der Waals surface area contributed by atoms with E-state index in [2.05, 4.69) is 31.3 Å². The van der Waals surface area contributed by atoms with Crippen LogP contribution in [-0.4, -0.2) is 26.8 Å². The van der Waals surface area contributed by atoms with Crippen molar-refractivity contribution in [3.05, 3.63) is 58.6 Å². The Labute approximate surface area is 137 Å². The summed E-state index contributed by atoms with van der Waals surface area (Å²) in [6, 6.07) is 15.7. The van der Waals surface area contributed by atoms with Gasteiger partial charge in [-0.1, -0.05) is 34.1 Å². The summed E-state index contributed by atoms with van der Waals surface area (Å²) in [6.45, 7) is 3.13. The quantitative estimate of drug-likeness (QED) is 0.699. The van der Waals surface area contributed by atoms with Crippen molar-refractivity contribution >= 4 is 15.9 Å². The Balaban J connectivity index is 1.81. The van der Waals surface area contributed by atoms with Gasteiger partial charge in [0, 0.05) is 15.6 Å². The second-order valence-electron chi connectivity index (χ2n) is 4.69. The van der Waals surface area contributed by atoms with E-state index in [1.807, 2.05) is 55.5 Å². The zero-order valence-electron chi connectivity index (χ0n) is 12.1. The first-order valence-electron chi connectivity index (χ1n) is 7.00. The molecule has 112 valence electrons. The molecule has 22 heavy (non-hydrogen) atoms. The molecule has 1 heterocycles. The highest BCUT2D eigenvalue weighted by atomic mass is 79.9. The van der Waals surface area contributed by atoms with Crippen molar-refractivity contribution in [3.63, 3.8) is 0 Å². The molecule has 0 aliphatic heterocycles. The molecule has 0 unspecified atom stereocenters. The highest BCUT2D eigenvalue weighted by Gasteiger charge is 2.08. The molecule has 1 aromatic heterocycles. The average molecular weight is 359 g/mol. The number of ether oxygens (including phenoxy) is 1. The van der Waals surface area contributed by atoms with Crippen LogP contribution in [0.3, 0.4) is 0 Å². The van der Waals surface area contributed by atoms with Crippen LogP contribution in [0.15, 0.2) is 53.0 Å². The van der Waals surface area contributed by atoms with Gasteiger partial charge in [0.1, 0.15) is 5.75 Å². The van der Waals surface area contributed by atoms with Gasteiger partial charge in [0.15, 0.2) is 0 Å². The van der Waals surface area contributed by atoms with Gasteiger partial charge >= 0.3 is 0 Å². The van der Waals surface area contributed by atoms with Crippen LogP contribution in [0.4, 0.5) is 0 Å². The lowest BCUT2D eigenvalue weighted by Crippen LogP contribution is -2.06. The Hall–Kier alpha value is -2.21. The van der Waals surface area contributed by atoms with E-state index in [0.29, 0.717) is 19.0 Å². The van der Waals surface area contributed by atoms with Gasteiger partial charge in [-0.15, -0.1) is 10.2 Å². The number of hydrogen-bond donors (Lipinski definition) is 0. The van der Waals surface area contributed by atoms with Crippen molar-refractivity contribution in [2.45, 2.75) is 13.5 Å². The average Bonchev–Trinajstić information content (AvgIpc) is 2.99. The maximum absolute atomic E-state index is 5.62. The fraction of sp³-hybridized carbons (Fsp3) is 0.188. The predicted octanol–water partition coefficient (Wildman–Crippen LogP) is 3.55. The number of rotatable bonds is 5. The second kappa shape index (κ2) is 6.70. The molecule has 0 amide bonds. The van der Waals surface area contributed by atoms with Crippen LogP contribution in [0.1, 0.15) is 12.5 Å². The van der Waals surface area contributed by atoms with Crippen LogP contribution in [0.25, 0.3) is 11.4 Å². The summed E-state index contributed by atoms with van der Waals surface area (Å²) < 4.78 is 6.64. The van der Waals surface area contributed by atoms with E-state index < -0.39 is 0 Å². The van der Waals surface area contributed by atoms with E-state index in [1.54, 1.807) is 4.80 Å². The number of hydrogen-bond acceptors (Lipinski definition) is 4. The van der Waals surface area contributed by atoms with Gasteiger partial charge < -0.3 is 4.74 Å². The summed E-state index contributed by atoms with van der Waals surface area (Å²) >= 11 is 3.41. The Kier molecular flexibility index (Phi) is 4.48. The molecule has 0 aliphatic rings. The number of benzene rings is 2. The SMILES string of the molecule is CCOc1ccccc1Cn1nnc(-c2ccc(Br)cc2)n1. The normalized spacial score (nSPS) is 10.6. The van der Waals surface area contributed by atoms with Crippen molar-refractivity contribution in [3.8, 4) is 17.1 Å². The molecular formula is C16H15BrN4O. The predicted molar refractivity (Wildman–Crippen MR) is 87.7 cm³/mol. The number of para-hydroxylation sites is 1. The van der Waals surface area contributed by atoms with Crippen LogP contribution in [0.5, 0.6) is 5.75 Å². The Morgan fingerprint density at radius 2 is 1.86 bits per heavy atom. The number of tetrazole rings is 1. The first-order chi connectivity index (χ1) is 10.8. The minimum atomic E-state index is 0.527. The molecule has 0 spiro atoms. The largest absolute Gasteiger partial charge is 0.494 e.